The second kappa shape index (κ2) is 8.24. The van der Waals surface area contributed by atoms with Gasteiger partial charge in [-0.2, -0.15) is 0 Å². The largest absolute Gasteiger partial charge is 0.309 e. The maximum absolute atomic E-state index is 5.20. The standard InChI is InChI=1S/C36H25N3/c1-22-11-17-28-30(19-22)31-20-23(2)12-18-29(31)36-35(28)37-21-32(38-36)24-13-15-25(16-14-24)39-33-9-5-3-7-26(33)27-8-4-6-10-34(27)39/h3-21H,1-2H3. The lowest BCUT2D eigenvalue weighted by Gasteiger charge is -2.12. The van der Waals surface area contributed by atoms with Crippen molar-refractivity contribution in [2.45, 2.75) is 13.8 Å². The fourth-order valence-corrected chi connectivity index (χ4v) is 6.07. The van der Waals surface area contributed by atoms with Crippen LogP contribution in [0.2, 0.25) is 0 Å². The highest BCUT2D eigenvalue weighted by Crippen LogP contribution is 2.36. The molecule has 0 saturated heterocycles. The molecular formula is C36H25N3. The van der Waals surface area contributed by atoms with Crippen molar-refractivity contribution in [1.29, 1.82) is 0 Å². The van der Waals surface area contributed by atoms with Crippen molar-refractivity contribution in [1.82, 2.24) is 14.5 Å². The summed E-state index contributed by atoms with van der Waals surface area (Å²) in [5.41, 5.74) is 9.88. The van der Waals surface area contributed by atoms with Crippen molar-refractivity contribution in [3.05, 3.63) is 127 Å². The Bertz CT molecular complexity index is 2180. The molecule has 0 aliphatic rings. The summed E-state index contributed by atoms with van der Waals surface area (Å²) >= 11 is 0. The molecule has 8 rings (SSSR count). The zero-order chi connectivity index (χ0) is 26.1. The van der Waals surface area contributed by atoms with Crippen LogP contribution in [0, 0.1) is 13.8 Å². The van der Waals surface area contributed by atoms with Crippen LogP contribution in [0.3, 0.4) is 0 Å². The molecule has 184 valence electrons. The molecule has 6 aromatic carbocycles. The van der Waals surface area contributed by atoms with Crippen LogP contribution in [0.4, 0.5) is 0 Å². The van der Waals surface area contributed by atoms with E-state index < -0.39 is 0 Å². The van der Waals surface area contributed by atoms with Gasteiger partial charge in [-0.3, -0.25) is 4.98 Å². The van der Waals surface area contributed by atoms with Crippen LogP contribution in [0.5, 0.6) is 0 Å². The average Bonchev–Trinajstić information content (AvgIpc) is 3.31. The Morgan fingerprint density at radius 2 is 1.08 bits per heavy atom. The number of para-hydroxylation sites is 2. The van der Waals surface area contributed by atoms with E-state index in [4.69, 9.17) is 9.97 Å². The highest BCUT2D eigenvalue weighted by molar-refractivity contribution is 6.23. The van der Waals surface area contributed by atoms with Crippen LogP contribution in [0.25, 0.3) is 71.3 Å². The fourth-order valence-electron chi connectivity index (χ4n) is 6.07. The molecule has 0 unspecified atom stereocenters. The molecule has 0 amide bonds. The molecule has 0 bridgehead atoms. The third-order valence-corrected chi connectivity index (χ3v) is 7.92. The monoisotopic (exact) mass is 499 g/mol. The zero-order valence-electron chi connectivity index (χ0n) is 21.8. The number of nitrogens with zero attached hydrogens (tertiary/aromatic N) is 3. The van der Waals surface area contributed by atoms with Crippen molar-refractivity contribution in [3.63, 3.8) is 0 Å². The summed E-state index contributed by atoms with van der Waals surface area (Å²) in [5, 5.41) is 7.29. The van der Waals surface area contributed by atoms with E-state index in [9.17, 15) is 0 Å². The number of benzene rings is 6. The van der Waals surface area contributed by atoms with Gasteiger partial charge in [-0.15, -0.1) is 0 Å². The minimum absolute atomic E-state index is 0.879. The van der Waals surface area contributed by atoms with Gasteiger partial charge in [-0.1, -0.05) is 96.1 Å². The highest BCUT2D eigenvalue weighted by Gasteiger charge is 2.14. The first-order chi connectivity index (χ1) is 19.2. The van der Waals surface area contributed by atoms with Crippen LogP contribution >= 0.6 is 0 Å². The molecular weight excluding hydrogens is 474 g/mol. The number of hydrogen-bond acceptors (Lipinski definition) is 2. The first-order valence-corrected chi connectivity index (χ1v) is 13.3. The van der Waals surface area contributed by atoms with Crippen LogP contribution in [0.1, 0.15) is 11.1 Å². The molecule has 0 atom stereocenters. The van der Waals surface area contributed by atoms with Gasteiger partial charge < -0.3 is 4.57 Å². The van der Waals surface area contributed by atoms with Crippen molar-refractivity contribution in [2.24, 2.45) is 0 Å². The third-order valence-electron chi connectivity index (χ3n) is 7.92. The second-order valence-electron chi connectivity index (χ2n) is 10.5. The number of hydrogen-bond donors (Lipinski definition) is 0. The minimum Gasteiger partial charge on any atom is -0.309 e. The summed E-state index contributed by atoms with van der Waals surface area (Å²) < 4.78 is 2.34. The Labute approximate surface area is 226 Å². The lowest BCUT2D eigenvalue weighted by Crippen LogP contribution is -1.95. The number of rotatable bonds is 2. The Hall–Kier alpha value is -5.02. The molecule has 3 heteroatoms. The molecule has 3 nitrogen and oxygen atoms in total. The molecule has 0 fully saturated rings. The number of aryl methyl sites for hydroxylation is 2. The molecule has 0 radical (unpaired) electrons. The van der Waals surface area contributed by atoms with Gasteiger partial charge in [0.25, 0.3) is 0 Å². The summed E-state index contributed by atoms with van der Waals surface area (Å²) in [6, 6.07) is 39.1. The SMILES string of the molecule is Cc1ccc2c(c1)c1cc(C)ccc1c1nc(-c3ccc(-n4c5ccccc5c5ccccc54)cc3)cnc21. The molecule has 0 aliphatic heterocycles. The Morgan fingerprint density at radius 3 is 1.69 bits per heavy atom. The summed E-state index contributed by atoms with van der Waals surface area (Å²) in [6.07, 6.45) is 1.91. The smallest absolute Gasteiger partial charge is 0.0979 e. The van der Waals surface area contributed by atoms with Crippen LogP contribution in [-0.4, -0.2) is 14.5 Å². The van der Waals surface area contributed by atoms with E-state index in [1.165, 1.54) is 43.7 Å². The lowest BCUT2D eigenvalue weighted by molar-refractivity contribution is 1.18. The predicted molar refractivity (Wildman–Crippen MR) is 164 cm³/mol. The van der Waals surface area contributed by atoms with Crippen LogP contribution in [-0.2, 0) is 0 Å². The van der Waals surface area contributed by atoms with Gasteiger partial charge in [0.05, 0.1) is 34.0 Å². The van der Waals surface area contributed by atoms with E-state index in [0.717, 1.165) is 38.8 Å². The van der Waals surface area contributed by atoms with Gasteiger partial charge in [0.2, 0.25) is 0 Å². The first-order valence-electron chi connectivity index (χ1n) is 13.3. The molecule has 0 N–H and O–H groups in total. The van der Waals surface area contributed by atoms with Gasteiger partial charge in [0.15, 0.2) is 0 Å². The maximum Gasteiger partial charge on any atom is 0.0979 e. The summed E-state index contributed by atoms with van der Waals surface area (Å²) in [5.74, 6) is 0. The predicted octanol–water partition coefficient (Wildman–Crippen LogP) is 9.32. The fraction of sp³-hybridized carbons (Fsp3) is 0.0556. The van der Waals surface area contributed by atoms with E-state index in [1.54, 1.807) is 0 Å². The van der Waals surface area contributed by atoms with Gasteiger partial charge in [-0.25, -0.2) is 4.98 Å². The topological polar surface area (TPSA) is 30.7 Å². The van der Waals surface area contributed by atoms with Crippen LogP contribution < -0.4 is 0 Å². The molecule has 39 heavy (non-hydrogen) atoms. The molecule has 0 aliphatic carbocycles. The molecule has 8 aromatic rings. The molecule has 0 saturated carbocycles. The van der Waals surface area contributed by atoms with Crippen molar-refractivity contribution in [2.75, 3.05) is 0 Å². The van der Waals surface area contributed by atoms with E-state index in [1.807, 2.05) is 6.20 Å². The van der Waals surface area contributed by atoms with Crippen molar-refractivity contribution >= 4 is 54.4 Å². The Morgan fingerprint density at radius 1 is 0.513 bits per heavy atom. The molecule has 2 heterocycles. The number of fused-ring (bicyclic) bond motifs is 9. The third kappa shape index (κ3) is 3.30. The van der Waals surface area contributed by atoms with Gasteiger partial charge in [-0.05, 0) is 48.9 Å². The van der Waals surface area contributed by atoms with E-state index in [-0.39, 0.29) is 0 Å². The quantitative estimate of drug-likeness (QED) is 0.222. The maximum atomic E-state index is 5.20. The average molecular weight is 500 g/mol. The Kier molecular flexibility index (Phi) is 4.65. The van der Waals surface area contributed by atoms with Gasteiger partial charge in [0, 0.05) is 32.8 Å². The summed E-state index contributed by atoms with van der Waals surface area (Å²) in [4.78, 5) is 10.2. The van der Waals surface area contributed by atoms with E-state index in [0.29, 0.717) is 0 Å². The normalized spacial score (nSPS) is 11.8. The summed E-state index contributed by atoms with van der Waals surface area (Å²) in [6.45, 7) is 4.29. The van der Waals surface area contributed by atoms with Gasteiger partial charge in [0.1, 0.15) is 0 Å². The second-order valence-corrected chi connectivity index (χ2v) is 10.5. The highest BCUT2D eigenvalue weighted by atomic mass is 15.0. The van der Waals surface area contributed by atoms with E-state index >= 15 is 0 Å². The molecule has 0 spiro atoms. The van der Waals surface area contributed by atoms with Gasteiger partial charge >= 0.3 is 0 Å². The lowest BCUT2D eigenvalue weighted by atomic mass is 9.96. The number of aromatic nitrogens is 3. The van der Waals surface area contributed by atoms with Crippen molar-refractivity contribution < 1.29 is 0 Å². The van der Waals surface area contributed by atoms with Crippen molar-refractivity contribution in [3.8, 4) is 16.9 Å². The molecule has 2 aromatic heterocycles. The summed E-state index contributed by atoms with van der Waals surface area (Å²) in [7, 11) is 0. The van der Waals surface area contributed by atoms with Crippen LogP contribution in [0.15, 0.2) is 115 Å². The van der Waals surface area contributed by atoms with E-state index in [2.05, 4.69) is 128 Å². The zero-order valence-corrected chi connectivity index (χ0v) is 21.8. The Balaban J connectivity index is 1.31. The minimum atomic E-state index is 0.879. The first kappa shape index (κ1) is 22.0.